The number of aromatic nitrogens is 4. The Labute approximate surface area is 126 Å². The molecule has 2 unspecified atom stereocenters. The van der Waals surface area contributed by atoms with E-state index in [1.165, 1.54) is 6.33 Å². The van der Waals surface area contributed by atoms with Crippen LogP contribution in [0.1, 0.15) is 17.9 Å². The predicted octanol–water partition coefficient (Wildman–Crippen LogP) is 2.16. The molecular formula is C16H13N5O. The molecule has 1 saturated carbocycles. The lowest BCUT2D eigenvalue weighted by atomic mass is 10.2. The Balaban J connectivity index is 1.48. The monoisotopic (exact) mass is 291 g/mol. The molecule has 0 radical (unpaired) electrons. The number of carbonyl (C=O) groups excluding carboxylic acids is 1. The lowest BCUT2D eigenvalue weighted by Gasteiger charge is -2.05. The second-order valence-electron chi connectivity index (χ2n) is 5.37. The van der Waals surface area contributed by atoms with Crippen molar-refractivity contribution in [1.82, 2.24) is 19.9 Å². The number of nitrogens with zero attached hydrogens (tertiary/aromatic N) is 4. The third-order valence-electron chi connectivity index (χ3n) is 3.88. The summed E-state index contributed by atoms with van der Waals surface area (Å²) >= 11 is 0. The molecule has 22 heavy (non-hydrogen) atoms. The van der Waals surface area contributed by atoms with E-state index in [1.54, 1.807) is 30.9 Å². The second kappa shape index (κ2) is 5.14. The highest BCUT2D eigenvalue weighted by Gasteiger charge is 2.44. The summed E-state index contributed by atoms with van der Waals surface area (Å²) in [5.41, 5.74) is 1.83. The fourth-order valence-electron chi connectivity index (χ4n) is 2.61. The van der Waals surface area contributed by atoms with E-state index in [2.05, 4.69) is 25.3 Å². The molecule has 1 aliphatic rings. The number of carbonyl (C=O) groups is 1. The van der Waals surface area contributed by atoms with Crippen LogP contribution in [0.4, 0.5) is 5.82 Å². The molecule has 0 bridgehead atoms. The van der Waals surface area contributed by atoms with Gasteiger partial charge in [-0.2, -0.15) is 0 Å². The largest absolute Gasteiger partial charge is 0.310 e. The maximum Gasteiger partial charge on any atom is 0.229 e. The summed E-state index contributed by atoms with van der Waals surface area (Å²) < 4.78 is 0. The fourth-order valence-corrected chi connectivity index (χ4v) is 2.61. The average molecular weight is 291 g/mol. The highest BCUT2D eigenvalue weighted by atomic mass is 16.2. The van der Waals surface area contributed by atoms with E-state index in [0.29, 0.717) is 5.82 Å². The standard InChI is InChI=1S/C16H13N5O/c22-16(13-5-12(13)11-7-18-9-19-8-11)21-15-2-1-10-6-17-4-3-14(10)20-15/h1-4,6-9,12-13H,5H2,(H,20,21,22). The Morgan fingerprint density at radius 2 is 1.95 bits per heavy atom. The van der Waals surface area contributed by atoms with Gasteiger partial charge in [0.25, 0.3) is 0 Å². The summed E-state index contributed by atoms with van der Waals surface area (Å²) in [6.45, 7) is 0. The van der Waals surface area contributed by atoms with Crippen LogP contribution < -0.4 is 5.32 Å². The summed E-state index contributed by atoms with van der Waals surface area (Å²) in [7, 11) is 0. The minimum atomic E-state index is -0.0269. The molecule has 2 atom stereocenters. The molecular weight excluding hydrogens is 278 g/mol. The van der Waals surface area contributed by atoms with Crippen LogP contribution in [0.25, 0.3) is 10.9 Å². The number of anilines is 1. The molecule has 0 saturated heterocycles. The van der Waals surface area contributed by atoms with E-state index < -0.39 is 0 Å². The van der Waals surface area contributed by atoms with Crippen molar-refractivity contribution in [2.45, 2.75) is 12.3 Å². The molecule has 3 heterocycles. The van der Waals surface area contributed by atoms with Crippen LogP contribution in [0.5, 0.6) is 0 Å². The summed E-state index contributed by atoms with van der Waals surface area (Å²) in [5.74, 6) is 0.750. The molecule has 1 amide bonds. The van der Waals surface area contributed by atoms with Crippen molar-refractivity contribution >= 4 is 22.6 Å². The van der Waals surface area contributed by atoms with Crippen LogP contribution >= 0.6 is 0 Å². The molecule has 1 N–H and O–H groups in total. The van der Waals surface area contributed by atoms with Crippen LogP contribution in [-0.4, -0.2) is 25.8 Å². The van der Waals surface area contributed by atoms with Crippen LogP contribution in [-0.2, 0) is 4.79 Å². The summed E-state index contributed by atoms with van der Waals surface area (Å²) in [5, 5.41) is 3.83. The maximum absolute atomic E-state index is 12.3. The minimum Gasteiger partial charge on any atom is -0.310 e. The summed E-state index contributed by atoms with van der Waals surface area (Å²) in [4.78, 5) is 28.8. The highest BCUT2D eigenvalue weighted by Crippen LogP contribution is 2.47. The van der Waals surface area contributed by atoms with Crippen molar-refractivity contribution in [2.75, 3.05) is 5.32 Å². The summed E-state index contributed by atoms with van der Waals surface area (Å²) in [6.07, 6.45) is 9.30. The van der Waals surface area contributed by atoms with Gasteiger partial charge < -0.3 is 5.32 Å². The number of fused-ring (bicyclic) bond motifs is 1. The zero-order valence-corrected chi connectivity index (χ0v) is 11.7. The lowest BCUT2D eigenvalue weighted by molar-refractivity contribution is -0.117. The molecule has 3 aromatic rings. The molecule has 3 aromatic heterocycles. The van der Waals surface area contributed by atoms with E-state index in [9.17, 15) is 4.79 Å². The quantitative estimate of drug-likeness (QED) is 0.799. The third kappa shape index (κ3) is 2.39. The Bertz CT molecular complexity index is 836. The van der Waals surface area contributed by atoms with Gasteiger partial charge in [-0.15, -0.1) is 0 Å². The van der Waals surface area contributed by atoms with Crippen LogP contribution in [0, 0.1) is 5.92 Å². The average Bonchev–Trinajstić information content (AvgIpc) is 3.36. The van der Waals surface area contributed by atoms with E-state index in [1.807, 2.05) is 12.1 Å². The Hall–Kier alpha value is -2.89. The number of pyridine rings is 2. The van der Waals surface area contributed by atoms with Crippen molar-refractivity contribution < 1.29 is 4.79 Å². The van der Waals surface area contributed by atoms with Crippen molar-refractivity contribution in [3.05, 3.63) is 54.9 Å². The van der Waals surface area contributed by atoms with Gasteiger partial charge in [0.15, 0.2) is 0 Å². The number of hydrogen-bond acceptors (Lipinski definition) is 5. The molecule has 108 valence electrons. The van der Waals surface area contributed by atoms with Gasteiger partial charge in [-0.3, -0.25) is 9.78 Å². The topological polar surface area (TPSA) is 80.7 Å². The van der Waals surface area contributed by atoms with Crippen molar-refractivity contribution in [3.8, 4) is 0 Å². The van der Waals surface area contributed by atoms with Crippen LogP contribution in [0.3, 0.4) is 0 Å². The number of rotatable bonds is 3. The predicted molar refractivity (Wildman–Crippen MR) is 81.0 cm³/mol. The van der Waals surface area contributed by atoms with Crippen molar-refractivity contribution in [2.24, 2.45) is 5.92 Å². The van der Waals surface area contributed by atoms with Crippen molar-refractivity contribution in [3.63, 3.8) is 0 Å². The summed E-state index contributed by atoms with van der Waals surface area (Å²) in [6, 6.07) is 5.53. The lowest BCUT2D eigenvalue weighted by Crippen LogP contribution is -2.15. The zero-order chi connectivity index (χ0) is 14.9. The Kier molecular flexibility index (Phi) is 3.00. The van der Waals surface area contributed by atoms with E-state index >= 15 is 0 Å². The second-order valence-corrected chi connectivity index (χ2v) is 5.37. The van der Waals surface area contributed by atoms with E-state index in [4.69, 9.17) is 0 Å². The van der Waals surface area contributed by atoms with E-state index in [0.717, 1.165) is 22.9 Å². The van der Waals surface area contributed by atoms with Gasteiger partial charge in [-0.1, -0.05) is 0 Å². The van der Waals surface area contributed by atoms with Crippen LogP contribution in [0.15, 0.2) is 49.3 Å². The first-order valence-electron chi connectivity index (χ1n) is 7.08. The van der Waals surface area contributed by atoms with Gasteiger partial charge in [-0.05, 0) is 36.1 Å². The molecule has 6 heteroatoms. The third-order valence-corrected chi connectivity index (χ3v) is 3.88. The SMILES string of the molecule is O=C(Nc1ccc2cnccc2n1)C1CC1c1cncnc1. The number of nitrogens with one attached hydrogen (secondary N) is 1. The molecule has 4 rings (SSSR count). The molecule has 0 aromatic carbocycles. The van der Waals surface area contributed by atoms with Gasteiger partial charge in [0.1, 0.15) is 12.1 Å². The van der Waals surface area contributed by atoms with Gasteiger partial charge in [0.05, 0.1) is 5.52 Å². The zero-order valence-electron chi connectivity index (χ0n) is 11.7. The van der Waals surface area contributed by atoms with E-state index in [-0.39, 0.29) is 17.7 Å². The first kappa shape index (κ1) is 12.8. The Morgan fingerprint density at radius 3 is 2.82 bits per heavy atom. The smallest absolute Gasteiger partial charge is 0.229 e. The van der Waals surface area contributed by atoms with Gasteiger partial charge in [0.2, 0.25) is 5.91 Å². The molecule has 0 spiro atoms. The molecule has 1 aliphatic carbocycles. The highest BCUT2D eigenvalue weighted by molar-refractivity contribution is 5.95. The first-order valence-corrected chi connectivity index (χ1v) is 7.08. The minimum absolute atomic E-state index is 0.00485. The van der Waals surface area contributed by atoms with Gasteiger partial charge in [0, 0.05) is 36.1 Å². The normalized spacial score (nSPS) is 19.8. The fraction of sp³-hybridized carbons (Fsp3) is 0.188. The number of amides is 1. The van der Waals surface area contributed by atoms with Gasteiger partial charge in [-0.25, -0.2) is 15.0 Å². The molecule has 0 aliphatic heterocycles. The molecule has 1 fully saturated rings. The van der Waals surface area contributed by atoms with Crippen LogP contribution in [0.2, 0.25) is 0 Å². The maximum atomic E-state index is 12.3. The van der Waals surface area contributed by atoms with Gasteiger partial charge >= 0.3 is 0 Å². The molecule has 6 nitrogen and oxygen atoms in total. The number of hydrogen-bond donors (Lipinski definition) is 1. The Morgan fingerprint density at radius 1 is 1.09 bits per heavy atom. The van der Waals surface area contributed by atoms with Crippen molar-refractivity contribution in [1.29, 1.82) is 0 Å². The first-order chi connectivity index (χ1) is 10.8.